The Hall–Kier alpha value is -2.32. The van der Waals surface area contributed by atoms with E-state index in [-0.39, 0.29) is 6.61 Å². The van der Waals surface area contributed by atoms with Crippen LogP contribution in [0.1, 0.15) is 24.6 Å². The van der Waals surface area contributed by atoms with Crippen LogP contribution in [0.2, 0.25) is 0 Å². The largest absolute Gasteiger partial charge is 0.466 e. The third-order valence-corrected chi connectivity index (χ3v) is 2.16. The van der Waals surface area contributed by atoms with Gasteiger partial charge < -0.3 is 9.72 Å². The summed E-state index contributed by atoms with van der Waals surface area (Å²) in [7, 11) is 0. The Morgan fingerprint density at radius 1 is 1.58 bits per heavy atom. The standard InChI is InChI=1S/C10H10F2N2O5/c1-2-19-7(16)4-5-3-6(15)13-8(10(11)12)9(5)14(17)18/h3,10H,2,4H2,1H3,(H,13,15). The van der Waals surface area contributed by atoms with Crippen LogP contribution in [0.15, 0.2) is 10.9 Å². The highest BCUT2D eigenvalue weighted by Gasteiger charge is 2.28. The lowest BCUT2D eigenvalue weighted by Gasteiger charge is -2.06. The zero-order valence-electron chi connectivity index (χ0n) is 9.81. The smallest absolute Gasteiger partial charge is 0.310 e. The molecule has 0 bridgehead atoms. The summed E-state index contributed by atoms with van der Waals surface area (Å²) < 4.78 is 29.8. The van der Waals surface area contributed by atoms with Crippen LogP contribution >= 0.6 is 0 Å². The number of ether oxygens (including phenoxy) is 1. The van der Waals surface area contributed by atoms with Gasteiger partial charge in [0.15, 0.2) is 5.69 Å². The molecule has 0 amide bonds. The van der Waals surface area contributed by atoms with E-state index in [2.05, 4.69) is 4.74 Å². The predicted molar refractivity (Wildman–Crippen MR) is 59.0 cm³/mol. The zero-order valence-corrected chi connectivity index (χ0v) is 9.81. The fraction of sp³-hybridized carbons (Fsp3) is 0.400. The fourth-order valence-electron chi connectivity index (χ4n) is 1.50. The molecule has 0 aliphatic carbocycles. The zero-order chi connectivity index (χ0) is 14.6. The van der Waals surface area contributed by atoms with Crippen molar-refractivity contribution >= 4 is 11.7 Å². The first kappa shape index (κ1) is 14.7. The van der Waals surface area contributed by atoms with Gasteiger partial charge in [-0.3, -0.25) is 19.7 Å². The third-order valence-electron chi connectivity index (χ3n) is 2.16. The minimum Gasteiger partial charge on any atom is -0.466 e. The molecule has 1 rings (SSSR count). The Kier molecular flexibility index (Phi) is 4.67. The molecule has 104 valence electrons. The average Bonchev–Trinajstić information content (AvgIpc) is 2.27. The van der Waals surface area contributed by atoms with E-state index in [1.165, 1.54) is 6.92 Å². The number of nitrogens with one attached hydrogen (secondary N) is 1. The molecule has 0 saturated carbocycles. The topological polar surface area (TPSA) is 102 Å². The molecule has 0 radical (unpaired) electrons. The summed E-state index contributed by atoms with van der Waals surface area (Å²) in [6.45, 7) is 1.56. The molecule has 1 aromatic heterocycles. The number of aromatic amines is 1. The van der Waals surface area contributed by atoms with Gasteiger partial charge in [0.2, 0.25) is 5.56 Å². The molecular formula is C10H10F2N2O5. The van der Waals surface area contributed by atoms with E-state index in [9.17, 15) is 28.5 Å². The van der Waals surface area contributed by atoms with Crippen LogP contribution in [0, 0.1) is 10.1 Å². The molecule has 0 unspecified atom stereocenters. The van der Waals surface area contributed by atoms with Gasteiger partial charge in [0, 0.05) is 11.6 Å². The SMILES string of the molecule is CCOC(=O)Cc1cc(=O)[nH]c(C(F)F)c1[N+](=O)[O-]. The Balaban J connectivity index is 3.33. The normalized spacial score (nSPS) is 10.5. The number of carbonyl (C=O) groups is 1. The Morgan fingerprint density at radius 2 is 2.21 bits per heavy atom. The van der Waals surface area contributed by atoms with E-state index in [4.69, 9.17) is 0 Å². The first-order valence-corrected chi connectivity index (χ1v) is 5.21. The Labute approximate surface area is 105 Å². The molecule has 0 aromatic carbocycles. The molecule has 9 heteroatoms. The molecule has 0 atom stereocenters. The van der Waals surface area contributed by atoms with Crippen molar-refractivity contribution < 1.29 is 23.2 Å². The number of nitrogens with zero attached hydrogens (tertiary/aromatic N) is 1. The summed E-state index contributed by atoms with van der Waals surface area (Å²) in [6.07, 6.45) is -3.84. The number of aromatic nitrogens is 1. The molecule has 1 aromatic rings. The monoisotopic (exact) mass is 276 g/mol. The van der Waals surface area contributed by atoms with Crippen molar-refractivity contribution in [3.8, 4) is 0 Å². The number of hydrogen-bond acceptors (Lipinski definition) is 5. The lowest BCUT2D eigenvalue weighted by molar-refractivity contribution is -0.387. The van der Waals surface area contributed by atoms with E-state index in [1.807, 2.05) is 0 Å². The third kappa shape index (κ3) is 3.57. The molecule has 0 aliphatic rings. The summed E-state index contributed by atoms with van der Waals surface area (Å²) in [5.74, 6) is -0.837. The Bertz CT molecular complexity index is 555. The maximum Gasteiger partial charge on any atom is 0.310 e. The lowest BCUT2D eigenvalue weighted by atomic mass is 10.1. The van der Waals surface area contributed by atoms with Gasteiger partial charge in [-0.1, -0.05) is 0 Å². The molecule has 0 spiro atoms. The van der Waals surface area contributed by atoms with Gasteiger partial charge in [0.05, 0.1) is 18.0 Å². The summed E-state index contributed by atoms with van der Waals surface area (Å²) >= 11 is 0. The van der Waals surface area contributed by atoms with E-state index >= 15 is 0 Å². The fourth-order valence-corrected chi connectivity index (χ4v) is 1.50. The van der Waals surface area contributed by atoms with Crippen molar-refractivity contribution in [3.05, 3.63) is 37.8 Å². The number of rotatable bonds is 5. The molecule has 0 saturated heterocycles. The lowest BCUT2D eigenvalue weighted by Crippen LogP contribution is -2.17. The number of halogens is 2. The molecule has 0 aliphatic heterocycles. The molecular weight excluding hydrogens is 266 g/mol. The van der Waals surface area contributed by atoms with Crippen LogP contribution in [0.5, 0.6) is 0 Å². The van der Waals surface area contributed by atoms with E-state index in [0.29, 0.717) is 0 Å². The number of hydrogen-bond donors (Lipinski definition) is 1. The number of carbonyl (C=O) groups excluding carboxylic acids is 1. The molecule has 1 heterocycles. The van der Waals surface area contributed by atoms with Crippen molar-refractivity contribution in [2.75, 3.05) is 6.61 Å². The van der Waals surface area contributed by atoms with Gasteiger partial charge in [0.25, 0.3) is 12.1 Å². The minimum atomic E-state index is -3.23. The maximum absolute atomic E-state index is 12.6. The second-order valence-electron chi connectivity index (χ2n) is 3.46. The number of pyridine rings is 1. The summed E-state index contributed by atoms with van der Waals surface area (Å²) in [5.41, 5.74) is -3.43. The van der Waals surface area contributed by atoms with Gasteiger partial charge in [0.1, 0.15) is 0 Å². The predicted octanol–water partition coefficient (Wildman–Crippen LogP) is 1.33. The van der Waals surface area contributed by atoms with Crippen LogP contribution in [-0.2, 0) is 16.0 Å². The van der Waals surface area contributed by atoms with Crippen molar-refractivity contribution in [3.63, 3.8) is 0 Å². The summed E-state index contributed by atoms with van der Waals surface area (Å²) in [5, 5.41) is 10.8. The van der Waals surface area contributed by atoms with Crippen molar-refractivity contribution in [1.82, 2.24) is 4.98 Å². The van der Waals surface area contributed by atoms with Crippen LogP contribution < -0.4 is 5.56 Å². The van der Waals surface area contributed by atoms with Crippen molar-refractivity contribution in [2.24, 2.45) is 0 Å². The molecule has 19 heavy (non-hydrogen) atoms. The second kappa shape index (κ2) is 6.03. The van der Waals surface area contributed by atoms with Crippen molar-refractivity contribution in [2.45, 2.75) is 19.8 Å². The van der Waals surface area contributed by atoms with Gasteiger partial charge in [-0.05, 0) is 6.92 Å². The van der Waals surface area contributed by atoms with Crippen LogP contribution in [-0.4, -0.2) is 22.5 Å². The quantitative estimate of drug-likeness (QED) is 0.496. The maximum atomic E-state index is 12.6. The highest BCUT2D eigenvalue weighted by molar-refractivity contribution is 5.74. The van der Waals surface area contributed by atoms with E-state index in [0.717, 1.165) is 6.07 Å². The average molecular weight is 276 g/mol. The minimum absolute atomic E-state index is 0.0392. The van der Waals surface area contributed by atoms with Crippen LogP contribution in [0.4, 0.5) is 14.5 Å². The number of nitro groups is 1. The molecule has 0 fully saturated rings. The number of alkyl halides is 2. The number of H-pyrrole nitrogens is 1. The van der Waals surface area contributed by atoms with Crippen molar-refractivity contribution in [1.29, 1.82) is 0 Å². The van der Waals surface area contributed by atoms with Gasteiger partial charge >= 0.3 is 5.97 Å². The number of esters is 1. The van der Waals surface area contributed by atoms with Gasteiger partial charge in [-0.2, -0.15) is 0 Å². The van der Waals surface area contributed by atoms with E-state index in [1.54, 1.807) is 4.98 Å². The first-order valence-electron chi connectivity index (χ1n) is 5.21. The molecule has 7 nitrogen and oxygen atoms in total. The summed E-state index contributed by atoms with van der Waals surface area (Å²) in [4.78, 5) is 33.8. The van der Waals surface area contributed by atoms with Gasteiger partial charge in [-0.25, -0.2) is 8.78 Å². The highest BCUT2D eigenvalue weighted by atomic mass is 19.3. The van der Waals surface area contributed by atoms with Crippen LogP contribution in [0.3, 0.4) is 0 Å². The van der Waals surface area contributed by atoms with E-state index < -0.39 is 46.2 Å². The highest BCUT2D eigenvalue weighted by Crippen LogP contribution is 2.29. The second-order valence-corrected chi connectivity index (χ2v) is 3.46. The molecule has 1 N–H and O–H groups in total. The van der Waals surface area contributed by atoms with Gasteiger partial charge in [-0.15, -0.1) is 0 Å². The summed E-state index contributed by atoms with van der Waals surface area (Å²) in [6, 6.07) is 0.737. The Morgan fingerprint density at radius 3 is 2.68 bits per heavy atom. The van der Waals surface area contributed by atoms with Crippen LogP contribution in [0.25, 0.3) is 0 Å². The first-order chi connectivity index (χ1) is 8.86.